The van der Waals surface area contributed by atoms with Crippen molar-refractivity contribution in [3.8, 4) is 0 Å². The van der Waals surface area contributed by atoms with Crippen molar-refractivity contribution in [1.29, 1.82) is 0 Å². The molecule has 0 saturated heterocycles. The Balaban J connectivity index is 1.64. The molecule has 98 valence electrons. The molecule has 1 aromatic carbocycles. The lowest BCUT2D eigenvalue weighted by Crippen LogP contribution is -2.24. The molecular formula is C13H12FN3OS. The van der Waals surface area contributed by atoms with Crippen LogP contribution in [0.4, 0.5) is 10.1 Å². The van der Waals surface area contributed by atoms with Crippen LogP contribution in [-0.2, 0) is 4.79 Å². The number of fused-ring (bicyclic) bond motifs is 1. The number of anilines is 1. The molecule has 2 aliphatic heterocycles. The maximum atomic E-state index is 13.4. The molecule has 2 heterocycles. The summed E-state index contributed by atoms with van der Waals surface area (Å²) >= 11 is 1.53. The van der Waals surface area contributed by atoms with Gasteiger partial charge in [-0.05, 0) is 17.5 Å². The summed E-state index contributed by atoms with van der Waals surface area (Å²) in [6.07, 6.45) is 0.236. The number of halogens is 1. The van der Waals surface area contributed by atoms with Gasteiger partial charge in [0.1, 0.15) is 5.82 Å². The van der Waals surface area contributed by atoms with Crippen LogP contribution in [0.25, 0.3) is 0 Å². The lowest BCUT2D eigenvalue weighted by molar-refractivity contribution is -0.115. The molecule has 0 atom stereocenters. The van der Waals surface area contributed by atoms with E-state index in [0.717, 1.165) is 24.0 Å². The molecule has 0 saturated carbocycles. The molecule has 1 N–H and O–H groups in total. The number of rotatable bonds is 3. The van der Waals surface area contributed by atoms with Gasteiger partial charge in [0.2, 0.25) is 5.91 Å². The topological polar surface area (TPSA) is 44.7 Å². The largest absolute Gasteiger partial charge is 0.323 e. The number of hydrogen-bond acceptors (Lipinski definition) is 4. The third-order valence-corrected chi connectivity index (χ3v) is 3.89. The Kier molecular flexibility index (Phi) is 3.25. The fourth-order valence-corrected chi connectivity index (χ4v) is 2.99. The van der Waals surface area contributed by atoms with Crippen LogP contribution in [0.15, 0.2) is 40.4 Å². The number of carbonyl (C=O) groups excluding carboxylic acids is 1. The molecule has 0 radical (unpaired) electrons. The Bertz CT molecular complexity index is 585. The summed E-state index contributed by atoms with van der Waals surface area (Å²) in [5.74, 6) is -0.640. The average molecular weight is 277 g/mol. The van der Waals surface area contributed by atoms with Gasteiger partial charge in [0.05, 0.1) is 18.7 Å². The van der Waals surface area contributed by atoms with Crippen molar-refractivity contribution in [3.63, 3.8) is 0 Å². The number of hydrogen-bond donors (Lipinski definition) is 1. The summed E-state index contributed by atoms with van der Waals surface area (Å²) in [7, 11) is 0. The molecule has 4 nitrogen and oxygen atoms in total. The third kappa shape index (κ3) is 2.49. The highest BCUT2D eigenvalue weighted by Crippen LogP contribution is 2.31. The second-order valence-electron chi connectivity index (χ2n) is 4.25. The highest BCUT2D eigenvalue weighted by atomic mass is 32.2. The number of benzene rings is 1. The molecule has 0 aliphatic carbocycles. The number of thioether (sulfide) groups is 1. The highest BCUT2D eigenvalue weighted by Gasteiger charge is 2.27. The SMILES string of the molecule is O=C(CC1=CSC2=NCCN12)Nc1ccccc1F. The molecule has 3 rings (SSSR count). The van der Waals surface area contributed by atoms with Crippen molar-refractivity contribution in [2.75, 3.05) is 18.4 Å². The Morgan fingerprint density at radius 3 is 3.16 bits per heavy atom. The first-order chi connectivity index (χ1) is 9.24. The maximum Gasteiger partial charge on any atom is 0.230 e. The van der Waals surface area contributed by atoms with Crippen molar-refractivity contribution in [2.45, 2.75) is 6.42 Å². The van der Waals surface area contributed by atoms with Gasteiger partial charge in [-0.2, -0.15) is 0 Å². The number of nitrogens with one attached hydrogen (secondary N) is 1. The highest BCUT2D eigenvalue weighted by molar-refractivity contribution is 8.16. The number of nitrogens with zero attached hydrogens (tertiary/aromatic N) is 2. The quantitative estimate of drug-likeness (QED) is 0.922. The number of aliphatic imine (C=N–C) groups is 1. The first-order valence-corrected chi connectivity index (χ1v) is 6.84. The molecule has 0 spiro atoms. The summed E-state index contributed by atoms with van der Waals surface area (Å²) in [5.41, 5.74) is 1.14. The van der Waals surface area contributed by atoms with Gasteiger partial charge >= 0.3 is 0 Å². The Labute approximate surface area is 114 Å². The molecule has 0 unspecified atom stereocenters. The third-order valence-electron chi connectivity index (χ3n) is 2.94. The number of carbonyl (C=O) groups is 1. The second kappa shape index (κ2) is 5.05. The molecule has 0 aromatic heterocycles. The van der Waals surface area contributed by atoms with E-state index in [1.54, 1.807) is 18.2 Å². The summed E-state index contributed by atoms with van der Waals surface area (Å²) in [6.45, 7) is 1.59. The minimum absolute atomic E-state index is 0.217. The van der Waals surface area contributed by atoms with E-state index < -0.39 is 5.82 Å². The summed E-state index contributed by atoms with van der Waals surface area (Å²) in [4.78, 5) is 18.3. The zero-order chi connectivity index (χ0) is 13.2. The van der Waals surface area contributed by atoms with E-state index in [-0.39, 0.29) is 18.0 Å². The minimum Gasteiger partial charge on any atom is -0.323 e. The molecule has 19 heavy (non-hydrogen) atoms. The predicted molar refractivity (Wildman–Crippen MR) is 74.3 cm³/mol. The van der Waals surface area contributed by atoms with E-state index in [9.17, 15) is 9.18 Å². The minimum atomic E-state index is -0.422. The van der Waals surface area contributed by atoms with Crippen LogP contribution < -0.4 is 5.32 Å². The van der Waals surface area contributed by atoms with Crippen LogP contribution in [0.5, 0.6) is 0 Å². The van der Waals surface area contributed by atoms with E-state index >= 15 is 0 Å². The number of amides is 1. The smallest absolute Gasteiger partial charge is 0.230 e. The molecule has 2 aliphatic rings. The zero-order valence-corrected chi connectivity index (χ0v) is 10.9. The first kappa shape index (κ1) is 12.2. The van der Waals surface area contributed by atoms with Crippen LogP contribution >= 0.6 is 11.8 Å². The van der Waals surface area contributed by atoms with Gasteiger partial charge in [0, 0.05) is 12.2 Å². The van der Waals surface area contributed by atoms with Gasteiger partial charge in [-0.15, -0.1) is 0 Å². The van der Waals surface area contributed by atoms with Crippen molar-refractivity contribution in [1.82, 2.24) is 4.90 Å². The second-order valence-corrected chi connectivity index (χ2v) is 5.08. The molecular weight excluding hydrogens is 265 g/mol. The van der Waals surface area contributed by atoms with Crippen molar-refractivity contribution < 1.29 is 9.18 Å². The maximum absolute atomic E-state index is 13.4. The molecule has 0 fully saturated rings. The van der Waals surface area contributed by atoms with E-state index in [2.05, 4.69) is 10.3 Å². The van der Waals surface area contributed by atoms with Gasteiger partial charge in [-0.3, -0.25) is 9.79 Å². The fraction of sp³-hybridized carbons (Fsp3) is 0.231. The lowest BCUT2D eigenvalue weighted by Gasteiger charge is -2.16. The summed E-state index contributed by atoms with van der Waals surface area (Å²) in [6, 6.07) is 6.15. The van der Waals surface area contributed by atoms with Crippen molar-refractivity contribution in [2.24, 2.45) is 4.99 Å². The normalized spacial score (nSPS) is 17.0. The molecule has 1 amide bonds. The van der Waals surface area contributed by atoms with Gasteiger partial charge in [-0.1, -0.05) is 23.9 Å². The lowest BCUT2D eigenvalue weighted by atomic mass is 10.2. The zero-order valence-electron chi connectivity index (χ0n) is 10.1. The van der Waals surface area contributed by atoms with Crippen LogP contribution in [0.2, 0.25) is 0 Å². The van der Waals surface area contributed by atoms with Crippen LogP contribution in [0.3, 0.4) is 0 Å². The van der Waals surface area contributed by atoms with Gasteiger partial charge in [-0.25, -0.2) is 4.39 Å². The number of para-hydroxylation sites is 1. The van der Waals surface area contributed by atoms with Crippen molar-refractivity contribution >= 4 is 28.5 Å². The summed E-state index contributed by atoms with van der Waals surface area (Å²) < 4.78 is 13.4. The Morgan fingerprint density at radius 2 is 2.32 bits per heavy atom. The van der Waals surface area contributed by atoms with E-state index in [1.165, 1.54) is 17.8 Å². The van der Waals surface area contributed by atoms with E-state index in [4.69, 9.17) is 0 Å². The van der Waals surface area contributed by atoms with Gasteiger partial charge < -0.3 is 10.2 Å². The fourth-order valence-electron chi connectivity index (χ4n) is 2.04. The summed E-state index contributed by atoms with van der Waals surface area (Å²) in [5, 5.41) is 5.47. The van der Waals surface area contributed by atoms with Crippen molar-refractivity contribution in [3.05, 3.63) is 41.2 Å². The van der Waals surface area contributed by atoms with Crippen LogP contribution in [0, 0.1) is 5.82 Å². The average Bonchev–Trinajstić information content (AvgIpc) is 2.97. The first-order valence-electron chi connectivity index (χ1n) is 5.96. The van der Waals surface area contributed by atoms with Gasteiger partial charge in [0.15, 0.2) is 5.17 Å². The van der Waals surface area contributed by atoms with Gasteiger partial charge in [0.25, 0.3) is 0 Å². The monoisotopic (exact) mass is 277 g/mol. The van der Waals surface area contributed by atoms with Crippen LogP contribution in [-0.4, -0.2) is 29.1 Å². The molecule has 0 bridgehead atoms. The Hall–Kier alpha value is -1.82. The predicted octanol–water partition coefficient (Wildman–Crippen LogP) is 2.41. The standard InChI is InChI=1S/C13H12FN3OS/c14-10-3-1-2-4-11(10)16-12(18)7-9-8-19-13-15-5-6-17(9)13/h1-4,8H,5-7H2,(H,16,18). The van der Waals surface area contributed by atoms with Crippen LogP contribution in [0.1, 0.15) is 6.42 Å². The van der Waals surface area contributed by atoms with E-state index in [1.807, 2.05) is 10.3 Å². The Morgan fingerprint density at radius 1 is 1.47 bits per heavy atom. The molecule has 6 heteroatoms. The molecule has 1 aromatic rings. The number of amidine groups is 1. The van der Waals surface area contributed by atoms with E-state index in [0.29, 0.717) is 0 Å².